The van der Waals surface area contributed by atoms with Crippen LogP contribution in [0.2, 0.25) is 0 Å². The van der Waals surface area contributed by atoms with Crippen molar-refractivity contribution in [3.63, 3.8) is 0 Å². The van der Waals surface area contributed by atoms with Crippen LogP contribution in [0.5, 0.6) is 0 Å². The molecule has 4 aromatic carbocycles. The minimum Gasteiger partial charge on any atom is -0.550 e. The number of carboxylic acid groups (broad SMARTS) is 2. The lowest BCUT2D eigenvalue weighted by Gasteiger charge is -2.00. The quantitative estimate of drug-likeness (QED) is 0.194. The van der Waals surface area contributed by atoms with Crippen LogP contribution in [0.4, 0.5) is 0 Å². The van der Waals surface area contributed by atoms with Crippen molar-refractivity contribution in [1.82, 2.24) is 0 Å². The van der Waals surface area contributed by atoms with Crippen LogP contribution in [0, 0.1) is 14.3 Å². The van der Waals surface area contributed by atoms with Gasteiger partial charge < -0.3 is 19.8 Å². The smallest absolute Gasteiger partial charge is 0.357 e. The summed E-state index contributed by atoms with van der Waals surface area (Å²) in [7, 11) is 0. The van der Waals surface area contributed by atoms with Crippen molar-refractivity contribution < 1.29 is 62.2 Å². The predicted molar refractivity (Wildman–Crippen MR) is 120 cm³/mol. The number of aliphatic carboxylic acids is 2. The second-order valence-corrected chi connectivity index (χ2v) is 12.7. The number of benzene rings is 4. The lowest BCUT2D eigenvalue weighted by molar-refractivity contribution is -0.597. The Labute approximate surface area is 221 Å². The monoisotopic (exact) mass is 678 g/mol. The van der Waals surface area contributed by atoms with E-state index < -0.39 is 24.8 Å². The van der Waals surface area contributed by atoms with Gasteiger partial charge in [-0.05, 0) is 61.4 Å². The third-order valence-corrected chi connectivity index (χ3v) is 9.27. The molecule has 0 atom stereocenters. The number of hydrogen-bond acceptors (Lipinski definition) is 4. The number of carbonyl (C=O) groups is 2. The minimum absolute atomic E-state index is 0.0287. The molecule has 0 N–H and O–H groups in total. The molecule has 174 valence electrons. The van der Waals surface area contributed by atoms with E-state index in [0.29, 0.717) is 0 Å². The largest absolute Gasteiger partial charge is 0.550 e. The predicted octanol–water partition coefficient (Wildman–Crippen LogP) is -3.10. The van der Waals surface area contributed by atoms with Gasteiger partial charge in [0.2, 0.25) is 0 Å². The second kappa shape index (κ2) is 16.8. The van der Waals surface area contributed by atoms with Gasteiger partial charge in [0.1, 0.15) is 0 Å². The standard InChI is InChI=1S/2C12H10I.C4H6O4/c2*1-3-7-11(8-4-1)13-12-9-5-2-6-10-12;5-3(6)1-2-4(7)8/h2*1-10H;1-2H2,(H,5,6)(H,7,8)/q2*+1;/p-2. The zero-order valence-corrected chi connectivity index (χ0v) is 22.7. The fraction of sp³-hybridized carbons (Fsp3) is 0.0714. The van der Waals surface area contributed by atoms with Crippen LogP contribution in [0.25, 0.3) is 0 Å². The highest BCUT2D eigenvalue weighted by Crippen LogP contribution is 1.87. The highest BCUT2D eigenvalue weighted by molar-refractivity contribution is 5.72. The maximum atomic E-state index is 9.50. The van der Waals surface area contributed by atoms with E-state index in [1.54, 1.807) is 0 Å². The van der Waals surface area contributed by atoms with E-state index in [-0.39, 0.29) is 42.4 Å². The summed E-state index contributed by atoms with van der Waals surface area (Å²) in [4.78, 5) is 19.0. The average Bonchev–Trinajstić information content (AvgIpc) is 2.86. The molecule has 0 bridgehead atoms. The van der Waals surface area contributed by atoms with E-state index in [0.717, 1.165) is 0 Å². The molecule has 34 heavy (non-hydrogen) atoms. The first-order chi connectivity index (χ1) is 16.5. The molecule has 0 saturated carbocycles. The van der Waals surface area contributed by atoms with E-state index >= 15 is 0 Å². The Morgan fingerprint density at radius 1 is 0.441 bits per heavy atom. The van der Waals surface area contributed by atoms with Gasteiger partial charge in [0.05, 0.1) is 0 Å². The molecule has 0 aliphatic heterocycles. The van der Waals surface area contributed by atoms with Crippen LogP contribution < -0.4 is 52.6 Å². The van der Waals surface area contributed by atoms with Gasteiger partial charge in [-0.25, -0.2) is 0 Å². The van der Waals surface area contributed by atoms with Crippen molar-refractivity contribution in [3.8, 4) is 0 Å². The molecule has 0 radical (unpaired) electrons. The second-order valence-electron chi connectivity index (χ2n) is 6.62. The van der Waals surface area contributed by atoms with E-state index in [1.165, 1.54) is 14.3 Å². The topological polar surface area (TPSA) is 80.3 Å². The van der Waals surface area contributed by atoms with Crippen molar-refractivity contribution in [2.45, 2.75) is 12.8 Å². The summed E-state index contributed by atoms with van der Waals surface area (Å²) >= 11 is 0.0574. The molecule has 6 heteroatoms. The maximum absolute atomic E-state index is 9.50. The first-order valence-corrected chi connectivity index (χ1v) is 14.7. The van der Waals surface area contributed by atoms with Crippen LogP contribution in [0.3, 0.4) is 0 Å². The van der Waals surface area contributed by atoms with Gasteiger partial charge in [-0.1, -0.05) is 72.8 Å². The van der Waals surface area contributed by atoms with Crippen molar-refractivity contribution in [2.75, 3.05) is 0 Å². The molecular weight excluding hydrogens is 654 g/mol. The molecule has 0 aliphatic carbocycles. The molecule has 0 heterocycles. The van der Waals surface area contributed by atoms with E-state index in [4.69, 9.17) is 0 Å². The summed E-state index contributed by atoms with van der Waals surface area (Å²) in [5, 5.41) is 19.0. The Balaban J connectivity index is 0.000000187. The van der Waals surface area contributed by atoms with E-state index in [9.17, 15) is 19.8 Å². The van der Waals surface area contributed by atoms with E-state index in [1.807, 2.05) is 0 Å². The molecule has 4 nitrogen and oxygen atoms in total. The van der Waals surface area contributed by atoms with Gasteiger partial charge in [0, 0.05) is 11.9 Å². The maximum Gasteiger partial charge on any atom is 0.357 e. The van der Waals surface area contributed by atoms with Gasteiger partial charge in [-0.3, -0.25) is 0 Å². The summed E-state index contributed by atoms with van der Waals surface area (Å²) in [5.41, 5.74) is 0. The molecule has 4 aromatic rings. The first kappa shape index (κ1) is 27.5. The fourth-order valence-corrected chi connectivity index (χ4v) is 6.90. The SMILES string of the molecule is O=C([O-])CCC(=O)[O-].c1ccc([I+]c2ccccc2)cc1.c1ccc([I+]c2ccccc2)cc1. The minimum atomic E-state index is -1.37. The molecule has 0 unspecified atom stereocenters. The number of hydrogen-bond donors (Lipinski definition) is 0. The molecule has 0 amide bonds. The molecule has 0 saturated heterocycles. The van der Waals surface area contributed by atoms with Gasteiger partial charge in [0.15, 0.2) is 14.3 Å². The van der Waals surface area contributed by atoms with E-state index in [2.05, 4.69) is 121 Å². The normalized spacial score (nSPS) is 9.53. The zero-order chi connectivity index (χ0) is 24.4. The number of carbonyl (C=O) groups excluding carboxylic acids is 2. The number of halogens is 2. The van der Waals surface area contributed by atoms with Crippen molar-refractivity contribution >= 4 is 11.9 Å². The Hall–Kier alpha value is -2.72. The molecule has 0 aliphatic rings. The molecular formula is C28H24I2O4. The Morgan fingerprint density at radius 2 is 0.647 bits per heavy atom. The van der Waals surface area contributed by atoms with Crippen LogP contribution >= 0.6 is 0 Å². The Morgan fingerprint density at radius 3 is 0.824 bits per heavy atom. The highest BCUT2D eigenvalue weighted by Gasteiger charge is 2.13. The summed E-state index contributed by atoms with van der Waals surface area (Å²) in [6.07, 6.45) is -0.940. The van der Waals surface area contributed by atoms with Gasteiger partial charge in [0.25, 0.3) is 0 Å². The van der Waals surface area contributed by atoms with Crippen LogP contribution in [-0.2, 0) is 9.59 Å². The Bertz CT molecular complexity index is 924. The van der Waals surface area contributed by atoms with Crippen molar-refractivity contribution in [3.05, 3.63) is 136 Å². The van der Waals surface area contributed by atoms with Gasteiger partial charge >= 0.3 is 42.4 Å². The fourth-order valence-electron chi connectivity index (χ4n) is 2.37. The average molecular weight is 678 g/mol. The summed E-state index contributed by atoms with van der Waals surface area (Å²) in [5.74, 6) is -2.73. The molecule has 0 spiro atoms. The molecule has 0 aromatic heterocycles. The van der Waals surface area contributed by atoms with Crippen molar-refractivity contribution in [1.29, 1.82) is 0 Å². The molecule has 4 rings (SSSR count). The van der Waals surface area contributed by atoms with Crippen molar-refractivity contribution in [2.24, 2.45) is 0 Å². The highest BCUT2D eigenvalue weighted by atomic mass is 127. The summed E-state index contributed by atoms with van der Waals surface area (Å²) in [6.45, 7) is 0. The van der Waals surface area contributed by atoms with Crippen LogP contribution in [0.15, 0.2) is 121 Å². The Kier molecular flexibility index (Phi) is 13.6. The first-order valence-electron chi connectivity index (χ1n) is 10.4. The lowest BCUT2D eigenvalue weighted by Crippen LogP contribution is -3.61. The third-order valence-electron chi connectivity index (χ3n) is 3.90. The number of carboxylic acids is 2. The summed E-state index contributed by atoms with van der Waals surface area (Å²) in [6, 6.07) is 42.8. The molecule has 0 fully saturated rings. The third kappa shape index (κ3) is 13.1. The van der Waals surface area contributed by atoms with Crippen LogP contribution in [-0.4, -0.2) is 11.9 Å². The number of rotatable bonds is 7. The lowest BCUT2D eigenvalue weighted by atomic mass is 10.3. The van der Waals surface area contributed by atoms with Crippen LogP contribution in [0.1, 0.15) is 12.8 Å². The van der Waals surface area contributed by atoms with Gasteiger partial charge in [-0.2, -0.15) is 0 Å². The summed E-state index contributed by atoms with van der Waals surface area (Å²) < 4.78 is 5.92. The zero-order valence-electron chi connectivity index (χ0n) is 18.4. The van der Waals surface area contributed by atoms with Gasteiger partial charge in [-0.15, -0.1) is 0 Å².